The Morgan fingerprint density at radius 2 is 2.20 bits per heavy atom. The van der Waals surface area contributed by atoms with Gasteiger partial charge in [0.1, 0.15) is 0 Å². The Kier molecular flexibility index (Phi) is 2.69. The molecule has 1 aliphatic heterocycles. The van der Waals surface area contributed by atoms with Gasteiger partial charge in [-0.2, -0.15) is 0 Å². The Bertz CT molecular complexity index is 444. The molecule has 2 rings (SSSR count). The lowest BCUT2D eigenvalue weighted by molar-refractivity contribution is 0.597. The molecule has 0 saturated heterocycles. The third-order valence-corrected chi connectivity index (χ3v) is 3.61. The average Bonchev–Trinajstić information content (AvgIpc) is 2.59. The van der Waals surface area contributed by atoms with Crippen LogP contribution in [0.5, 0.6) is 0 Å². The van der Waals surface area contributed by atoms with Crippen LogP contribution in [0.1, 0.15) is 30.9 Å². The summed E-state index contributed by atoms with van der Waals surface area (Å²) in [6.45, 7) is 4.98. The molecule has 0 amide bonds. The van der Waals surface area contributed by atoms with Gasteiger partial charge < -0.3 is 13.3 Å². The first-order chi connectivity index (χ1) is 7.09. The van der Waals surface area contributed by atoms with E-state index in [4.69, 9.17) is 4.78 Å². The van der Waals surface area contributed by atoms with Crippen LogP contribution in [0.25, 0.3) is 0 Å². The van der Waals surface area contributed by atoms with Crippen LogP contribution in [0.15, 0.2) is 18.2 Å². The minimum atomic E-state index is -1.64. The van der Waals surface area contributed by atoms with Crippen molar-refractivity contribution in [1.82, 2.24) is 0 Å². The van der Waals surface area contributed by atoms with Crippen LogP contribution >= 0.6 is 0 Å². The van der Waals surface area contributed by atoms with E-state index in [2.05, 4.69) is 32.0 Å². The van der Waals surface area contributed by atoms with Gasteiger partial charge in [-0.05, 0) is 29.5 Å². The Morgan fingerprint density at radius 3 is 2.80 bits per heavy atom. The van der Waals surface area contributed by atoms with E-state index >= 15 is 0 Å². The van der Waals surface area contributed by atoms with Gasteiger partial charge >= 0.3 is 0 Å². The minimum Gasteiger partial charge on any atom is -0.424 e. The number of hydrogen-bond acceptors (Lipinski definition) is 3. The highest BCUT2D eigenvalue weighted by atomic mass is 32.2. The maximum atomic E-state index is 11.2. The first-order valence-corrected chi connectivity index (χ1v) is 6.23. The largest absolute Gasteiger partial charge is 0.424 e. The summed E-state index contributed by atoms with van der Waals surface area (Å²) in [4.78, 5) is 0. The molecule has 0 radical (unpaired) electrons. The maximum absolute atomic E-state index is 11.2. The van der Waals surface area contributed by atoms with Crippen LogP contribution in [0, 0.1) is 4.78 Å². The summed E-state index contributed by atoms with van der Waals surface area (Å²) in [5, 5.41) is 0. The van der Waals surface area contributed by atoms with Crippen molar-refractivity contribution in [1.29, 1.82) is 4.78 Å². The summed E-state index contributed by atoms with van der Waals surface area (Å²) in [6, 6.07) is 6.29. The average molecular weight is 223 g/mol. The molecule has 0 saturated carbocycles. The normalized spacial score (nSPS) is 15.1. The van der Waals surface area contributed by atoms with Crippen molar-refractivity contribution in [2.45, 2.75) is 26.2 Å². The molecule has 1 N–H and O–H groups in total. The van der Waals surface area contributed by atoms with E-state index in [1.807, 2.05) is 0 Å². The smallest absolute Gasteiger partial charge is 0.0242 e. The molecule has 1 heterocycles. The minimum absolute atomic E-state index is 0.469. The fourth-order valence-corrected chi connectivity index (χ4v) is 2.50. The Hall–Kier alpha value is -1.03. The predicted octanol–water partition coefficient (Wildman–Crippen LogP) is 2.81. The van der Waals surface area contributed by atoms with E-state index in [0.29, 0.717) is 12.5 Å². The maximum Gasteiger partial charge on any atom is 0.0242 e. The van der Waals surface area contributed by atoms with Crippen molar-refractivity contribution >= 4 is 16.5 Å². The highest BCUT2D eigenvalue weighted by Gasteiger charge is 2.15. The number of fused-ring (bicyclic) bond motifs is 1. The number of anilines is 1. The number of rotatable bonds is 2. The lowest BCUT2D eigenvalue weighted by atomic mass is 10.0. The third kappa shape index (κ3) is 1.86. The summed E-state index contributed by atoms with van der Waals surface area (Å²) in [7, 11) is -1.64. The number of nitrogens with zero attached hydrogens (tertiary/aromatic N) is 1. The van der Waals surface area contributed by atoms with Gasteiger partial charge in [-0.3, -0.25) is 0 Å². The van der Waals surface area contributed by atoms with Gasteiger partial charge in [0, 0.05) is 12.2 Å². The monoisotopic (exact) mass is 223 g/mol. The van der Waals surface area contributed by atoms with Crippen LogP contribution in [-0.2, 0) is 21.4 Å². The van der Waals surface area contributed by atoms with Gasteiger partial charge in [0.25, 0.3) is 0 Å². The summed E-state index contributed by atoms with van der Waals surface area (Å²) >= 11 is 0. The van der Waals surface area contributed by atoms with Crippen molar-refractivity contribution in [3.05, 3.63) is 29.3 Å². The fourth-order valence-electron chi connectivity index (χ4n) is 1.90. The summed E-state index contributed by atoms with van der Waals surface area (Å²) in [5.74, 6) is 0.469. The second kappa shape index (κ2) is 3.85. The molecule has 0 fully saturated rings. The first-order valence-electron chi connectivity index (χ1n) is 5.13. The van der Waals surface area contributed by atoms with Crippen LogP contribution < -0.4 is 4.31 Å². The van der Waals surface area contributed by atoms with E-state index in [0.717, 1.165) is 12.1 Å². The molecule has 4 heteroatoms. The summed E-state index contributed by atoms with van der Waals surface area (Å²) < 4.78 is 20.1. The van der Waals surface area contributed by atoms with Crippen LogP contribution in [0.3, 0.4) is 0 Å². The number of benzene rings is 1. The van der Waals surface area contributed by atoms with E-state index in [1.54, 1.807) is 4.31 Å². The van der Waals surface area contributed by atoms with E-state index in [-0.39, 0.29) is 0 Å². The molecule has 0 spiro atoms. The zero-order chi connectivity index (χ0) is 11.0. The lowest BCUT2D eigenvalue weighted by Crippen LogP contribution is -2.16. The second-order valence-corrected chi connectivity index (χ2v) is 5.08. The molecule has 0 atom stereocenters. The first kappa shape index (κ1) is 10.5. The quantitative estimate of drug-likeness (QED) is 0.770. The van der Waals surface area contributed by atoms with Crippen molar-refractivity contribution < 1.29 is 4.21 Å². The molecule has 1 aliphatic rings. The molecule has 0 aliphatic carbocycles. The standard InChI is InChI=1S/C11H15N2OS/c1-8(2)10-4-3-9-5-6-13(15(12)14)11(9)7-10/h3-4,7-8,12H,5-6H2,1-2H3/q-1. The molecule has 1 aromatic carbocycles. The molecule has 15 heavy (non-hydrogen) atoms. The molecular weight excluding hydrogens is 208 g/mol. The lowest BCUT2D eigenvalue weighted by Gasteiger charge is -2.23. The zero-order valence-corrected chi connectivity index (χ0v) is 9.80. The molecule has 3 nitrogen and oxygen atoms in total. The highest BCUT2D eigenvalue weighted by molar-refractivity contribution is 7.75. The Labute approximate surface area is 92.2 Å². The van der Waals surface area contributed by atoms with Crippen molar-refractivity contribution in [2.24, 2.45) is 0 Å². The van der Waals surface area contributed by atoms with Gasteiger partial charge in [-0.1, -0.05) is 26.0 Å². The highest BCUT2D eigenvalue weighted by Crippen LogP contribution is 2.31. The second-order valence-electron chi connectivity index (χ2n) is 4.14. The van der Waals surface area contributed by atoms with Crippen LogP contribution in [0.4, 0.5) is 5.69 Å². The SMILES string of the molecule is CC(C)c1ccc2c(c1)N([S-](=N)=O)CC2. The Balaban J connectivity index is 2.46. The predicted molar refractivity (Wildman–Crippen MR) is 62.4 cm³/mol. The van der Waals surface area contributed by atoms with E-state index in [1.165, 1.54) is 11.1 Å². The van der Waals surface area contributed by atoms with Gasteiger partial charge in [0.05, 0.1) is 0 Å². The molecule has 1 aromatic rings. The van der Waals surface area contributed by atoms with Crippen molar-refractivity contribution in [3.8, 4) is 0 Å². The van der Waals surface area contributed by atoms with Gasteiger partial charge in [0.15, 0.2) is 0 Å². The molecule has 0 unspecified atom stereocenters. The Morgan fingerprint density at radius 1 is 1.47 bits per heavy atom. The summed E-state index contributed by atoms with van der Waals surface area (Å²) in [5.41, 5.74) is 3.43. The topological polar surface area (TPSA) is 44.2 Å². The molecular formula is C11H15N2OS-. The number of hydrogen-bond donors (Lipinski definition) is 1. The van der Waals surface area contributed by atoms with E-state index < -0.39 is 10.8 Å². The van der Waals surface area contributed by atoms with Crippen molar-refractivity contribution in [3.63, 3.8) is 0 Å². The van der Waals surface area contributed by atoms with Gasteiger partial charge in [-0.25, -0.2) is 0 Å². The van der Waals surface area contributed by atoms with E-state index in [9.17, 15) is 4.21 Å². The third-order valence-electron chi connectivity index (χ3n) is 2.83. The summed E-state index contributed by atoms with van der Waals surface area (Å²) in [6.07, 6.45) is 0.901. The zero-order valence-electron chi connectivity index (χ0n) is 8.99. The fraction of sp³-hybridized carbons (Fsp3) is 0.455. The van der Waals surface area contributed by atoms with Crippen LogP contribution in [-0.4, -0.2) is 6.54 Å². The van der Waals surface area contributed by atoms with Gasteiger partial charge in [0.2, 0.25) is 0 Å². The number of nitrogens with one attached hydrogen (secondary N) is 1. The molecule has 0 aromatic heterocycles. The van der Waals surface area contributed by atoms with Crippen molar-refractivity contribution in [2.75, 3.05) is 10.8 Å². The van der Waals surface area contributed by atoms with Gasteiger partial charge in [-0.15, -0.1) is 10.8 Å². The molecule has 0 bridgehead atoms. The van der Waals surface area contributed by atoms with Crippen LogP contribution in [0.2, 0.25) is 0 Å². The molecule has 82 valence electrons.